The number of amides is 1. The molecule has 1 aliphatic rings. The second-order valence-corrected chi connectivity index (χ2v) is 5.43. The summed E-state index contributed by atoms with van der Waals surface area (Å²) in [5.41, 5.74) is 2.23. The summed E-state index contributed by atoms with van der Waals surface area (Å²) in [4.78, 5) is 21.0. The Kier molecular flexibility index (Phi) is 4.41. The van der Waals surface area contributed by atoms with Crippen LogP contribution in [0.1, 0.15) is 40.5 Å². The van der Waals surface area contributed by atoms with Gasteiger partial charge in [0.15, 0.2) is 0 Å². The molecule has 0 saturated heterocycles. The lowest BCUT2D eigenvalue weighted by Crippen LogP contribution is -2.24. The third-order valence-electron chi connectivity index (χ3n) is 3.83. The van der Waals surface area contributed by atoms with Crippen LogP contribution in [0.15, 0.2) is 30.6 Å². The summed E-state index contributed by atoms with van der Waals surface area (Å²) in [5, 5.41) is 2.86. The summed E-state index contributed by atoms with van der Waals surface area (Å²) in [7, 11) is 3.05. The molecule has 1 fully saturated rings. The molecular formula is C17H19N3O3. The van der Waals surface area contributed by atoms with Crippen molar-refractivity contribution < 1.29 is 14.3 Å². The standard InChI is InChI=1S/C17H19N3O3/c1-22-14-4-3-5-15(23-2)16(14)17(21)18-9-12-8-13(11-6-7-11)20-10-19-12/h3-5,8,10-11H,6-7,9H2,1-2H3,(H,18,21). The van der Waals surface area contributed by atoms with Crippen LogP contribution in [0, 0.1) is 0 Å². The number of nitrogens with one attached hydrogen (secondary N) is 1. The highest BCUT2D eigenvalue weighted by molar-refractivity contribution is 5.99. The molecule has 2 aromatic rings. The summed E-state index contributed by atoms with van der Waals surface area (Å²) in [5.74, 6) is 1.25. The summed E-state index contributed by atoms with van der Waals surface area (Å²) in [6.45, 7) is 0.336. The first-order valence-corrected chi connectivity index (χ1v) is 7.53. The third kappa shape index (κ3) is 3.41. The van der Waals surface area contributed by atoms with Crippen molar-refractivity contribution in [2.24, 2.45) is 0 Å². The minimum atomic E-state index is -0.258. The number of carbonyl (C=O) groups is 1. The number of hydrogen-bond acceptors (Lipinski definition) is 5. The molecule has 6 nitrogen and oxygen atoms in total. The number of nitrogens with zero attached hydrogens (tertiary/aromatic N) is 2. The fourth-order valence-electron chi connectivity index (χ4n) is 2.45. The Morgan fingerprint density at radius 1 is 1.22 bits per heavy atom. The maximum Gasteiger partial charge on any atom is 0.259 e. The van der Waals surface area contributed by atoms with Crippen molar-refractivity contribution >= 4 is 5.91 Å². The van der Waals surface area contributed by atoms with Gasteiger partial charge in [-0.05, 0) is 31.0 Å². The lowest BCUT2D eigenvalue weighted by Gasteiger charge is -2.13. The van der Waals surface area contributed by atoms with Gasteiger partial charge in [-0.25, -0.2) is 9.97 Å². The van der Waals surface area contributed by atoms with E-state index in [9.17, 15) is 4.79 Å². The molecule has 0 atom stereocenters. The third-order valence-corrected chi connectivity index (χ3v) is 3.83. The number of carbonyl (C=O) groups excluding carboxylic acids is 1. The molecule has 0 radical (unpaired) electrons. The van der Waals surface area contributed by atoms with Gasteiger partial charge >= 0.3 is 0 Å². The Morgan fingerprint density at radius 2 is 1.91 bits per heavy atom. The van der Waals surface area contributed by atoms with E-state index in [4.69, 9.17) is 9.47 Å². The van der Waals surface area contributed by atoms with Crippen LogP contribution < -0.4 is 14.8 Å². The summed E-state index contributed by atoms with van der Waals surface area (Å²) in [6.07, 6.45) is 3.92. The molecule has 120 valence electrons. The molecule has 1 aliphatic carbocycles. The highest BCUT2D eigenvalue weighted by atomic mass is 16.5. The summed E-state index contributed by atoms with van der Waals surface area (Å²) >= 11 is 0. The van der Waals surface area contributed by atoms with Crippen LogP contribution in [0.3, 0.4) is 0 Å². The molecule has 1 heterocycles. The SMILES string of the molecule is COc1cccc(OC)c1C(=O)NCc1cc(C2CC2)ncn1. The van der Waals surface area contributed by atoms with Crippen LogP contribution >= 0.6 is 0 Å². The molecule has 0 aliphatic heterocycles. The lowest BCUT2D eigenvalue weighted by molar-refractivity contribution is 0.0944. The van der Waals surface area contributed by atoms with Crippen molar-refractivity contribution in [2.45, 2.75) is 25.3 Å². The molecule has 0 unspecified atom stereocenters. The second-order valence-electron chi connectivity index (χ2n) is 5.43. The molecule has 1 amide bonds. The number of hydrogen-bond donors (Lipinski definition) is 1. The molecule has 1 aromatic heterocycles. The van der Waals surface area contributed by atoms with E-state index in [1.165, 1.54) is 27.1 Å². The van der Waals surface area contributed by atoms with Crippen molar-refractivity contribution in [2.75, 3.05) is 14.2 Å². The van der Waals surface area contributed by atoms with Crippen LogP contribution in [-0.4, -0.2) is 30.1 Å². The van der Waals surface area contributed by atoms with Crippen LogP contribution in [-0.2, 0) is 6.54 Å². The van der Waals surface area contributed by atoms with Crippen LogP contribution in [0.2, 0.25) is 0 Å². The van der Waals surface area contributed by atoms with Gasteiger partial charge in [-0.15, -0.1) is 0 Å². The van der Waals surface area contributed by atoms with E-state index < -0.39 is 0 Å². The quantitative estimate of drug-likeness (QED) is 0.886. The normalized spacial score (nSPS) is 13.5. The van der Waals surface area contributed by atoms with E-state index >= 15 is 0 Å². The maximum atomic E-state index is 12.5. The van der Waals surface area contributed by atoms with E-state index in [0.29, 0.717) is 29.5 Å². The van der Waals surface area contributed by atoms with Gasteiger partial charge in [-0.1, -0.05) is 6.07 Å². The first kappa shape index (κ1) is 15.3. The van der Waals surface area contributed by atoms with Gasteiger partial charge in [0, 0.05) is 11.6 Å². The predicted octanol–water partition coefficient (Wildman–Crippen LogP) is 2.30. The number of benzene rings is 1. The van der Waals surface area contributed by atoms with E-state index in [1.54, 1.807) is 24.5 Å². The Morgan fingerprint density at radius 3 is 2.52 bits per heavy atom. The first-order valence-electron chi connectivity index (χ1n) is 7.53. The highest BCUT2D eigenvalue weighted by Crippen LogP contribution is 2.38. The first-order chi connectivity index (χ1) is 11.2. The number of rotatable bonds is 6. The van der Waals surface area contributed by atoms with E-state index in [0.717, 1.165) is 11.4 Å². The fourth-order valence-corrected chi connectivity index (χ4v) is 2.45. The average molecular weight is 313 g/mol. The zero-order chi connectivity index (χ0) is 16.2. The smallest absolute Gasteiger partial charge is 0.259 e. The van der Waals surface area contributed by atoms with Crippen molar-refractivity contribution in [3.63, 3.8) is 0 Å². The van der Waals surface area contributed by atoms with Crippen molar-refractivity contribution in [3.8, 4) is 11.5 Å². The zero-order valence-electron chi connectivity index (χ0n) is 13.2. The van der Waals surface area contributed by atoms with Gasteiger partial charge in [-0.2, -0.15) is 0 Å². The molecular weight excluding hydrogens is 294 g/mol. The molecule has 0 spiro atoms. The fraction of sp³-hybridized carbons (Fsp3) is 0.353. The maximum absolute atomic E-state index is 12.5. The second kappa shape index (κ2) is 6.64. The summed E-state index contributed by atoms with van der Waals surface area (Å²) in [6, 6.07) is 7.19. The molecule has 0 bridgehead atoms. The topological polar surface area (TPSA) is 73.3 Å². The Hall–Kier alpha value is -2.63. The molecule has 6 heteroatoms. The van der Waals surface area contributed by atoms with Crippen molar-refractivity contribution in [1.82, 2.24) is 15.3 Å². The van der Waals surface area contributed by atoms with Gasteiger partial charge in [0.05, 0.1) is 26.5 Å². The van der Waals surface area contributed by atoms with Crippen LogP contribution in [0.5, 0.6) is 11.5 Å². The molecule has 23 heavy (non-hydrogen) atoms. The largest absolute Gasteiger partial charge is 0.496 e. The highest BCUT2D eigenvalue weighted by Gasteiger charge is 2.25. The number of aromatic nitrogens is 2. The monoisotopic (exact) mass is 313 g/mol. The Balaban J connectivity index is 1.73. The zero-order valence-corrected chi connectivity index (χ0v) is 13.2. The van der Waals surface area contributed by atoms with Gasteiger partial charge < -0.3 is 14.8 Å². The predicted molar refractivity (Wildman–Crippen MR) is 84.7 cm³/mol. The molecule has 1 saturated carbocycles. The number of ether oxygens (including phenoxy) is 2. The average Bonchev–Trinajstić information content (AvgIpc) is 3.44. The molecule has 1 aromatic carbocycles. The van der Waals surface area contributed by atoms with Crippen molar-refractivity contribution in [1.29, 1.82) is 0 Å². The van der Waals surface area contributed by atoms with Gasteiger partial charge in [-0.3, -0.25) is 4.79 Å². The Bertz CT molecular complexity index is 692. The Labute approximate surface area is 134 Å². The molecule has 1 N–H and O–H groups in total. The van der Waals surface area contributed by atoms with Gasteiger partial charge in [0.25, 0.3) is 5.91 Å². The van der Waals surface area contributed by atoms with Crippen LogP contribution in [0.4, 0.5) is 0 Å². The van der Waals surface area contributed by atoms with Gasteiger partial charge in [0.2, 0.25) is 0 Å². The minimum absolute atomic E-state index is 0.258. The van der Waals surface area contributed by atoms with E-state index in [-0.39, 0.29) is 5.91 Å². The van der Waals surface area contributed by atoms with E-state index in [2.05, 4.69) is 15.3 Å². The van der Waals surface area contributed by atoms with Crippen LogP contribution in [0.25, 0.3) is 0 Å². The molecule has 3 rings (SSSR count). The van der Waals surface area contributed by atoms with Crippen molar-refractivity contribution in [3.05, 3.63) is 47.5 Å². The number of methoxy groups -OCH3 is 2. The van der Waals surface area contributed by atoms with Gasteiger partial charge in [0.1, 0.15) is 23.4 Å². The minimum Gasteiger partial charge on any atom is -0.496 e. The summed E-state index contributed by atoms with van der Waals surface area (Å²) < 4.78 is 10.5. The lowest BCUT2D eigenvalue weighted by atomic mass is 10.1. The van der Waals surface area contributed by atoms with E-state index in [1.807, 2.05) is 6.07 Å².